The molecule has 2 aromatic carbocycles. The molecule has 1 saturated carbocycles. The first-order valence-corrected chi connectivity index (χ1v) is 19.9. The van der Waals surface area contributed by atoms with Crippen LogP contribution in [0.15, 0.2) is 42.9 Å². The van der Waals surface area contributed by atoms with Crippen LogP contribution in [0.5, 0.6) is 5.75 Å². The highest BCUT2D eigenvalue weighted by atomic mass is 35.5. The summed E-state index contributed by atoms with van der Waals surface area (Å²) in [7, 11) is -1.60. The van der Waals surface area contributed by atoms with Gasteiger partial charge in [0.2, 0.25) is 16.0 Å². The first-order chi connectivity index (χ1) is 25.3. The molecule has 2 saturated heterocycles. The van der Waals surface area contributed by atoms with E-state index in [-0.39, 0.29) is 28.5 Å². The number of aryl methyl sites for hydroxylation is 1. The third-order valence-corrected chi connectivity index (χ3v) is 11.4. The molecule has 0 bridgehead atoms. The van der Waals surface area contributed by atoms with E-state index in [1.54, 1.807) is 18.2 Å². The quantitative estimate of drug-likeness (QED) is 0.181. The predicted octanol–water partition coefficient (Wildman–Crippen LogP) is 6.17. The number of anilines is 6. The van der Waals surface area contributed by atoms with Crippen molar-refractivity contribution in [3.8, 4) is 5.75 Å². The van der Waals surface area contributed by atoms with Gasteiger partial charge in [-0.15, -0.1) is 13.2 Å². The Balaban J connectivity index is 1.18. The minimum Gasteiger partial charge on any atom is -0.403 e. The van der Waals surface area contributed by atoms with Crippen molar-refractivity contribution < 1.29 is 26.3 Å². The number of aromatic nitrogens is 4. The average Bonchev–Trinajstić information content (AvgIpc) is 3.95. The van der Waals surface area contributed by atoms with Gasteiger partial charge in [-0.25, -0.2) is 13.4 Å². The van der Waals surface area contributed by atoms with Crippen LogP contribution < -0.4 is 24.6 Å². The Labute approximate surface area is 311 Å². The minimum absolute atomic E-state index is 0.0298. The van der Waals surface area contributed by atoms with Crippen LogP contribution >= 0.6 is 11.6 Å². The number of hydrogen-bond donors (Lipinski definition) is 2. The molecule has 1 aliphatic carbocycles. The van der Waals surface area contributed by atoms with Crippen LogP contribution in [0.1, 0.15) is 38.2 Å². The number of fused-ring (bicyclic) bond motifs is 1. The van der Waals surface area contributed by atoms with Gasteiger partial charge in [0.1, 0.15) is 16.2 Å². The summed E-state index contributed by atoms with van der Waals surface area (Å²) in [6.45, 7) is 7.50. The molecule has 2 aromatic heterocycles. The van der Waals surface area contributed by atoms with Crippen LogP contribution in [-0.4, -0.2) is 109 Å². The summed E-state index contributed by atoms with van der Waals surface area (Å²) in [6.07, 6.45) is 4.26. The largest absolute Gasteiger partial charge is 0.573 e. The molecule has 284 valence electrons. The smallest absolute Gasteiger partial charge is 0.403 e. The number of alkyl halides is 3. The van der Waals surface area contributed by atoms with Crippen molar-refractivity contribution >= 4 is 67.2 Å². The molecule has 53 heavy (non-hydrogen) atoms. The van der Waals surface area contributed by atoms with Crippen LogP contribution in [0.2, 0.25) is 5.02 Å². The van der Waals surface area contributed by atoms with Gasteiger partial charge in [0, 0.05) is 75.5 Å². The average molecular weight is 775 g/mol. The molecule has 0 amide bonds. The van der Waals surface area contributed by atoms with Crippen molar-refractivity contribution in [3.05, 3.63) is 53.4 Å². The number of piperazine rings is 1. The highest BCUT2D eigenvalue weighted by molar-refractivity contribution is 7.92. The molecular weight excluding hydrogens is 733 g/mol. The number of sulfonamides is 1. The monoisotopic (exact) mass is 774 g/mol. The first kappa shape index (κ1) is 37.1. The van der Waals surface area contributed by atoms with Crippen molar-refractivity contribution in [2.75, 3.05) is 72.4 Å². The Hall–Kier alpha value is -4.19. The number of halogens is 4. The Morgan fingerprint density at radius 1 is 0.962 bits per heavy atom. The molecule has 0 atom stereocenters. The summed E-state index contributed by atoms with van der Waals surface area (Å²) in [6, 6.07) is 6.65. The van der Waals surface area contributed by atoms with Gasteiger partial charge >= 0.3 is 6.36 Å². The molecule has 2 aliphatic heterocycles. The van der Waals surface area contributed by atoms with Gasteiger partial charge in [-0.05, 0) is 62.9 Å². The van der Waals surface area contributed by atoms with Crippen molar-refractivity contribution in [1.82, 2.24) is 29.7 Å². The Morgan fingerprint density at radius 2 is 1.68 bits per heavy atom. The summed E-state index contributed by atoms with van der Waals surface area (Å²) in [5.41, 5.74) is 3.07. The van der Waals surface area contributed by atoms with Gasteiger partial charge in [0.05, 0.1) is 29.3 Å². The molecule has 3 aliphatic rings. The zero-order valence-corrected chi connectivity index (χ0v) is 31.3. The fraction of sp³-hybridized carbons (Fsp3) is 0.486. The Morgan fingerprint density at radius 3 is 2.34 bits per heavy atom. The van der Waals surface area contributed by atoms with E-state index in [2.05, 4.69) is 57.1 Å². The fourth-order valence-corrected chi connectivity index (χ4v) is 8.60. The zero-order chi connectivity index (χ0) is 37.5. The SMILES string of the molecule is CCc1cc(Nc2ncc(Cl)c(Nc3ccc4nccnc4c3N(C3CC3)S(C)(=O)=O)n2)c(OC(F)(F)F)cc1N1CCC(N2CCN(C)CC2)CC1. The molecule has 4 aromatic rings. The molecule has 3 fully saturated rings. The van der Waals surface area contributed by atoms with E-state index >= 15 is 0 Å². The Kier molecular flexibility index (Phi) is 10.5. The second kappa shape index (κ2) is 14.9. The molecule has 13 nitrogen and oxygen atoms in total. The summed E-state index contributed by atoms with van der Waals surface area (Å²) >= 11 is 6.54. The third kappa shape index (κ3) is 8.47. The summed E-state index contributed by atoms with van der Waals surface area (Å²) in [4.78, 5) is 24.5. The molecule has 0 unspecified atom stereocenters. The van der Waals surface area contributed by atoms with E-state index in [0.29, 0.717) is 53.4 Å². The summed E-state index contributed by atoms with van der Waals surface area (Å²) in [5, 5.41) is 6.15. The van der Waals surface area contributed by atoms with Crippen molar-refractivity contribution in [3.63, 3.8) is 0 Å². The van der Waals surface area contributed by atoms with E-state index in [4.69, 9.17) is 11.6 Å². The van der Waals surface area contributed by atoms with Crippen LogP contribution in [0.25, 0.3) is 11.0 Å². The number of nitrogens with one attached hydrogen (secondary N) is 2. The zero-order valence-electron chi connectivity index (χ0n) is 29.7. The molecule has 4 heterocycles. The van der Waals surface area contributed by atoms with E-state index in [1.807, 2.05) is 6.92 Å². The van der Waals surface area contributed by atoms with Gasteiger partial charge in [0.15, 0.2) is 11.6 Å². The number of ether oxygens (including phenoxy) is 1. The van der Waals surface area contributed by atoms with Crippen molar-refractivity contribution in [2.45, 2.75) is 57.5 Å². The second-order valence-corrected chi connectivity index (χ2v) is 16.0. The molecule has 18 heteroatoms. The van der Waals surface area contributed by atoms with E-state index in [0.717, 1.165) is 63.9 Å². The lowest BCUT2D eigenvalue weighted by atomic mass is 9.99. The summed E-state index contributed by atoms with van der Waals surface area (Å²) in [5.74, 6) is -0.384. The van der Waals surface area contributed by atoms with Gasteiger partial charge < -0.3 is 25.2 Å². The topological polar surface area (TPSA) is 132 Å². The molecule has 0 spiro atoms. The number of hydrogen-bond acceptors (Lipinski definition) is 12. The molecule has 0 radical (unpaired) electrons. The number of piperidine rings is 1. The molecule has 2 N–H and O–H groups in total. The van der Waals surface area contributed by atoms with E-state index in [9.17, 15) is 21.6 Å². The number of rotatable bonds is 11. The molecule has 7 rings (SSSR count). The van der Waals surface area contributed by atoms with Crippen LogP contribution in [0.3, 0.4) is 0 Å². The van der Waals surface area contributed by atoms with Gasteiger partial charge in [-0.2, -0.15) is 4.98 Å². The van der Waals surface area contributed by atoms with Gasteiger partial charge in [-0.3, -0.25) is 19.2 Å². The lowest BCUT2D eigenvalue weighted by molar-refractivity contribution is -0.274. The standard InChI is InChI=1S/C35H42ClF3N10O3S/c1-4-22-19-28(30(52-35(37,38)39)20-29(22)48-13-9-23(10-14-48)47-17-15-46(2)16-18-47)44-34-42-21-25(36)33(45-34)43-27-8-7-26-31(41-12-11-40-26)32(27)49(24-5-6-24)53(3,50)51/h7-8,11-12,19-21,23-24H,4-6,9-10,13-18H2,1-3H3,(H2,42,43,44,45). The lowest BCUT2D eigenvalue weighted by Crippen LogP contribution is -2.52. The predicted molar refractivity (Wildman–Crippen MR) is 200 cm³/mol. The highest BCUT2D eigenvalue weighted by Gasteiger charge is 2.38. The van der Waals surface area contributed by atoms with Gasteiger partial charge in [0.25, 0.3) is 0 Å². The molecular formula is C35H42ClF3N10O3S. The summed E-state index contributed by atoms with van der Waals surface area (Å²) < 4.78 is 73.6. The minimum atomic E-state index is -4.95. The second-order valence-electron chi connectivity index (χ2n) is 13.8. The normalized spacial score (nSPS) is 18.0. The van der Waals surface area contributed by atoms with Crippen molar-refractivity contribution in [2.24, 2.45) is 0 Å². The number of nitrogens with zero attached hydrogens (tertiary/aromatic N) is 8. The third-order valence-electron chi connectivity index (χ3n) is 9.96. The maximum Gasteiger partial charge on any atom is 0.573 e. The van der Waals surface area contributed by atoms with Crippen molar-refractivity contribution in [1.29, 1.82) is 0 Å². The maximum absolute atomic E-state index is 13.8. The lowest BCUT2D eigenvalue weighted by Gasteiger charge is -2.43. The number of likely N-dealkylation sites (N-methyl/N-ethyl adjacent to an activating group) is 1. The van der Waals surface area contributed by atoms with Crippen LogP contribution in [0.4, 0.5) is 47.7 Å². The van der Waals surface area contributed by atoms with Crippen LogP contribution in [0, 0.1) is 0 Å². The van der Waals surface area contributed by atoms with Crippen LogP contribution in [-0.2, 0) is 16.4 Å². The first-order valence-electron chi connectivity index (χ1n) is 17.7. The number of benzene rings is 2. The fourth-order valence-electron chi connectivity index (χ4n) is 7.19. The van der Waals surface area contributed by atoms with Gasteiger partial charge in [-0.1, -0.05) is 18.5 Å². The highest BCUT2D eigenvalue weighted by Crippen LogP contribution is 2.43. The maximum atomic E-state index is 13.8. The van der Waals surface area contributed by atoms with E-state index < -0.39 is 22.1 Å². The Bertz CT molecular complexity index is 2070. The van der Waals surface area contributed by atoms with E-state index in [1.165, 1.54) is 29.0 Å².